The van der Waals surface area contributed by atoms with Crippen LogP contribution in [0, 0.1) is 0 Å². The Bertz CT molecular complexity index is 464. The maximum Gasteiger partial charge on any atom is 0.0560 e. The third kappa shape index (κ3) is 3.04. The highest BCUT2D eigenvalue weighted by atomic mass is 35.5. The van der Waals surface area contributed by atoms with Gasteiger partial charge in [0, 0.05) is 9.79 Å². The molecule has 0 aromatic heterocycles. The molecule has 0 atom stereocenters. The van der Waals surface area contributed by atoms with Crippen LogP contribution in [0.25, 0.3) is 0 Å². The minimum atomic E-state index is 0.582. The van der Waals surface area contributed by atoms with Gasteiger partial charge in [-0.3, -0.25) is 0 Å². The summed E-state index contributed by atoms with van der Waals surface area (Å²) in [5.74, 6) is 0. The van der Waals surface area contributed by atoms with Crippen molar-refractivity contribution in [1.82, 2.24) is 0 Å². The average Bonchev–Trinajstić information content (AvgIpc) is 2.27. The Morgan fingerprint density at radius 3 is 1.18 bits per heavy atom. The molecule has 0 fully saturated rings. The van der Waals surface area contributed by atoms with Crippen molar-refractivity contribution in [1.29, 1.82) is 0 Å². The summed E-state index contributed by atoms with van der Waals surface area (Å²) in [6, 6.07) is 10.7. The molecule has 0 aliphatic carbocycles. The van der Waals surface area contributed by atoms with Crippen LogP contribution in [0.3, 0.4) is 0 Å². The lowest BCUT2D eigenvalue weighted by Crippen LogP contribution is -1.80. The van der Waals surface area contributed by atoms with Gasteiger partial charge in [-0.05, 0) is 24.3 Å². The summed E-state index contributed by atoms with van der Waals surface area (Å²) >= 11 is 25.7. The van der Waals surface area contributed by atoms with Gasteiger partial charge in [0.15, 0.2) is 0 Å². The summed E-state index contributed by atoms with van der Waals surface area (Å²) in [7, 11) is 0. The van der Waals surface area contributed by atoms with E-state index >= 15 is 0 Å². The monoisotopic (exact) mass is 322 g/mol. The van der Waals surface area contributed by atoms with Gasteiger partial charge in [-0.2, -0.15) is 0 Å². The molecule has 0 aliphatic heterocycles. The van der Waals surface area contributed by atoms with E-state index in [-0.39, 0.29) is 0 Å². The van der Waals surface area contributed by atoms with E-state index in [4.69, 9.17) is 46.4 Å². The second kappa shape index (κ2) is 5.73. The minimum Gasteiger partial charge on any atom is -0.0838 e. The topological polar surface area (TPSA) is 0 Å². The quantitative estimate of drug-likeness (QED) is 0.611. The van der Waals surface area contributed by atoms with Crippen molar-refractivity contribution in [2.45, 2.75) is 9.79 Å². The second-order valence-electron chi connectivity index (χ2n) is 3.20. The van der Waals surface area contributed by atoms with Crippen LogP contribution in [0.15, 0.2) is 46.2 Å². The Morgan fingerprint density at radius 2 is 0.882 bits per heavy atom. The SMILES string of the molecule is Clc1cccc(Cl)c1Sc1c(Cl)cccc1Cl. The molecule has 0 saturated heterocycles. The van der Waals surface area contributed by atoms with Gasteiger partial charge >= 0.3 is 0 Å². The van der Waals surface area contributed by atoms with Crippen molar-refractivity contribution in [2.24, 2.45) is 0 Å². The molecule has 0 unspecified atom stereocenters. The maximum atomic E-state index is 6.09. The molecule has 88 valence electrons. The molecule has 0 saturated carbocycles. The Labute approximate surface area is 124 Å². The van der Waals surface area contributed by atoms with Crippen LogP contribution >= 0.6 is 58.2 Å². The molecular weight excluding hydrogens is 318 g/mol. The van der Waals surface area contributed by atoms with Gasteiger partial charge in [-0.25, -0.2) is 0 Å². The van der Waals surface area contributed by atoms with Crippen LogP contribution in [0.5, 0.6) is 0 Å². The van der Waals surface area contributed by atoms with Gasteiger partial charge < -0.3 is 0 Å². The first kappa shape index (κ1) is 13.4. The normalized spacial score (nSPS) is 10.6. The van der Waals surface area contributed by atoms with Crippen LogP contribution in [0.4, 0.5) is 0 Å². The first-order chi connectivity index (χ1) is 8.09. The van der Waals surface area contributed by atoms with E-state index in [0.717, 1.165) is 9.79 Å². The molecule has 0 amide bonds. The third-order valence-corrected chi connectivity index (χ3v) is 5.04. The standard InChI is InChI=1S/C12H6Cl4S/c13-7-3-1-4-8(14)11(7)17-12-9(15)5-2-6-10(12)16/h1-6H. The largest absolute Gasteiger partial charge is 0.0838 e. The first-order valence-corrected chi connectivity index (χ1v) is 6.98. The van der Waals surface area contributed by atoms with Crippen molar-refractivity contribution in [2.75, 3.05) is 0 Å². The molecule has 0 radical (unpaired) electrons. The molecular formula is C12H6Cl4S. The predicted molar refractivity (Wildman–Crippen MR) is 77.0 cm³/mol. The first-order valence-electron chi connectivity index (χ1n) is 4.65. The summed E-state index contributed by atoms with van der Waals surface area (Å²) in [4.78, 5) is 1.51. The number of benzene rings is 2. The maximum absolute atomic E-state index is 6.09. The van der Waals surface area contributed by atoms with Crippen molar-refractivity contribution in [3.05, 3.63) is 56.5 Å². The molecule has 17 heavy (non-hydrogen) atoms. The fraction of sp³-hybridized carbons (Fsp3) is 0. The number of hydrogen-bond donors (Lipinski definition) is 0. The Balaban J connectivity index is 2.45. The van der Waals surface area contributed by atoms with Crippen molar-refractivity contribution < 1.29 is 0 Å². The highest BCUT2D eigenvalue weighted by molar-refractivity contribution is 7.99. The molecule has 0 nitrogen and oxygen atoms in total. The van der Waals surface area contributed by atoms with E-state index in [1.807, 2.05) is 0 Å². The molecule has 0 spiro atoms. The van der Waals surface area contributed by atoms with Gasteiger partial charge in [0.1, 0.15) is 0 Å². The highest BCUT2D eigenvalue weighted by Gasteiger charge is 2.12. The molecule has 5 heteroatoms. The van der Waals surface area contributed by atoms with Crippen LogP contribution in [0.2, 0.25) is 20.1 Å². The molecule has 2 aromatic rings. The zero-order valence-electron chi connectivity index (χ0n) is 8.38. The number of hydrogen-bond acceptors (Lipinski definition) is 1. The van der Waals surface area contributed by atoms with Crippen LogP contribution in [-0.4, -0.2) is 0 Å². The molecule has 0 aliphatic rings. The lowest BCUT2D eigenvalue weighted by molar-refractivity contribution is 1.40. The third-order valence-electron chi connectivity index (χ3n) is 2.04. The van der Waals surface area contributed by atoms with Gasteiger partial charge in [0.25, 0.3) is 0 Å². The van der Waals surface area contributed by atoms with Gasteiger partial charge in [-0.15, -0.1) is 0 Å². The lowest BCUT2D eigenvalue weighted by atomic mass is 10.3. The van der Waals surface area contributed by atoms with E-state index in [9.17, 15) is 0 Å². The van der Waals surface area contributed by atoms with Gasteiger partial charge in [0.05, 0.1) is 20.1 Å². The summed E-state index contributed by atoms with van der Waals surface area (Å²) in [6.45, 7) is 0. The Kier molecular flexibility index (Phi) is 4.51. The van der Waals surface area contributed by atoms with Crippen LogP contribution < -0.4 is 0 Å². The zero-order chi connectivity index (χ0) is 12.4. The predicted octanol–water partition coefficient (Wildman–Crippen LogP) is 6.45. The zero-order valence-corrected chi connectivity index (χ0v) is 12.2. The smallest absolute Gasteiger partial charge is 0.0560 e. The molecule has 2 rings (SSSR count). The van der Waals surface area contributed by atoms with E-state index in [0.29, 0.717) is 20.1 Å². The van der Waals surface area contributed by atoms with Crippen molar-refractivity contribution in [3.8, 4) is 0 Å². The summed E-state index contributed by atoms with van der Waals surface area (Å²) in [5, 5.41) is 2.33. The van der Waals surface area contributed by atoms with Gasteiger partial charge in [0.2, 0.25) is 0 Å². The van der Waals surface area contributed by atoms with E-state index in [2.05, 4.69) is 0 Å². The van der Waals surface area contributed by atoms with E-state index in [1.54, 1.807) is 36.4 Å². The van der Waals surface area contributed by atoms with Gasteiger partial charge in [-0.1, -0.05) is 70.3 Å². The average molecular weight is 324 g/mol. The highest BCUT2D eigenvalue weighted by Crippen LogP contribution is 2.43. The fourth-order valence-corrected chi connectivity index (χ4v) is 3.39. The number of halogens is 4. The second-order valence-corrected chi connectivity index (χ2v) is 5.85. The summed E-state index contributed by atoms with van der Waals surface area (Å²) in [5.41, 5.74) is 0. The van der Waals surface area contributed by atoms with Crippen LogP contribution in [0.1, 0.15) is 0 Å². The summed E-state index contributed by atoms with van der Waals surface area (Å²) < 4.78 is 0. The van der Waals surface area contributed by atoms with E-state index in [1.165, 1.54) is 11.8 Å². The fourth-order valence-electron chi connectivity index (χ4n) is 1.26. The lowest BCUT2D eigenvalue weighted by Gasteiger charge is -2.09. The Morgan fingerprint density at radius 1 is 0.588 bits per heavy atom. The minimum absolute atomic E-state index is 0.582. The number of rotatable bonds is 2. The molecule has 0 bridgehead atoms. The van der Waals surface area contributed by atoms with Crippen molar-refractivity contribution >= 4 is 58.2 Å². The van der Waals surface area contributed by atoms with Crippen LogP contribution in [-0.2, 0) is 0 Å². The van der Waals surface area contributed by atoms with E-state index < -0.39 is 0 Å². The molecule has 2 aromatic carbocycles. The summed E-state index contributed by atoms with van der Waals surface area (Å²) in [6.07, 6.45) is 0. The Hall–Kier alpha value is -0.0500. The molecule has 0 heterocycles. The molecule has 0 N–H and O–H groups in total. The van der Waals surface area contributed by atoms with Crippen molar-refractivity contribution in [3.63, 3.8) is 0 Å².